The van der Waals surface area contributed by atoms with Crippen LogP contribution in [0.25, 0.3) is 22.2 Å². The first-order valence-corrected chi connectivity index (χ1v) is 14.3. The molecule has 0 aliphatic heterocycles. The van der Waals surface area contributed by atoms with Crippen LogP contribution in [0.4, 0.5) is 0 Å². The van der Waals surface area contributed by atoms with Crippen molar-refractivity contribution in [2.24, 2.45) is 5.92 Å². The highest BCUT2D eigenvalue weighted by Crippen LogP contribution is 2.38. The Labute approximate surface area is 235 Å². The third kappa shape index (κ3) is 6.39. The van der Waals surface area contributed by atoms with Crippen molar-refractivity contribution in [2.45, 2.75) is 58.3 Å². The highest BCUT2D eigenvalue weighted by atomic mass is 35.5. The number of aryl methyl sites for hydroxylation is 1. The third-order valence-corrected chi connectivity index (χ3v) is 8.16. The summed E-state index contributed by atoms with van der Waals surface area (Å²) in [6.07, 6.45) is 7.76. The molecule has 1 saturated carbocycles. The summed E-state index contributed by atoms with van der Waals surface area (Å²) in [6.45, 7) is 3.90. The maximum atomic E-state index is 13.3. The van der Waals surface area contributed by atoms with Gasteiger partial charge in [-0.1, -0.05) is 67.3 Å². The van der Waals surface area contributed by atoms with Crippen molar-refractivity contribution in [2.75, 3.05) is 6.61 Å². The summed E-state index contributed by atoms with van der Waals surface area (Å²) >= 11 is 5.92. The highest BCUT2D eigenvalue weighted by molar-refractivity contribution is 6.30. The van der Waals surface area contributed by atoms with Gasteiger partial charge in [-0.25, -0.2) is 9.78 Å². The zero-order valence-corrected chi connectivity index (χ0v) is 23.3. The van der Waals surface area contributed by atoms with Crippen molar-refractivity contribution < 1.29 is 14.3 Å². The van der Waals surface area contributed by atoms with Crippen LogP contribution in [0.3, 0.4) is 0 Å². The topological polar surface area (TPSA) is 56.3 Å². The Bertz CT molecular complexity index is 1470. The molecule has 0 bridgehead atoms. The molecular formula is C34H34ClNO3. The first-order valence-electron chi connectivity index (χ1n) is 13.9. The zero-order chi connectivity index (χ0) is 27.4. The molecule has 1 aliphatic carbocycles. The van der Waals surface area contributed by atoms with E-state index in [-0.39, 0.29) is 12.4 Å². The van der Waals surface area contributed by atoms with E-state index in [2.05, 4.69) is 31.2 Å². The zero-order valence-electron chi connectivity index (χ0n) is 22.6. The van der Waals surface area contributed by atoms with E-state index >= 15 is 0 Å². The van der Waals surface area contributed by atoms with Gasteiger partial charge in [0, 0.05) is 21.5 Å². The fourth-order valence-electron chi connectivity index (χ4n) is 5.70. The second-order valence-electron chi connectivity index (χ2n) is 10.7. The number of esters is 1. The number of hydrogen-bond acceptors (Lipinski definition) is 4. The molecule has 5 rings (SSSR count). The lowest BCUT2D eigenvalue weighted by molar-refractivity contribution is 0.0476. The van der Waals surface area contributed by atoms with Crippen molar-refractivity contribution in [3.8, 4) is 11.3 Å². The smallest absolute Gasteiger partial charge is 0.339 e. The molecule has 1 aromatic heterocycles. The summed E-state index contributed by atoms with van der Waals surface area (Å²) in [6, 6.07) is 22.8. The van der Waals surface area contributed by atoms with Gasteiger partial charge in [0.05, 0.1) is 16.8 Å². The van der Waals surface area contributed by atoms with Crippen LogP contribution >= 0.6 is 11.6 Å². The van der Waals surface area contributed by atoms with Crippen molar-refractivity contribution in [1.29, 1.82) is 0 Å². The quantitative estimate of drug-likeness (QED) is 0.165. The van der Waals surface area contributed by atoms with Crippen LogP contribution in [-0.4, -0.2) is 23.3 Å². The average molecular weight is 540 g/mol. The number of nitrogens with zero attached hydrogens (tertiary/aromatic N) is 1. The summed E-state index contributed by atoms with van der Waals surface area (Å²) in [5.74, 6) is 0.671. The van der Waals surface area contributed by atoms with Gasteiger partial charge in [0.2, 0.25) is 0 Å². The summed E-state index contributed by atoms with van der Waals surface area (Å²) in [5, 5.41) is 1.25. The predicted molar refractivity (Wildman–Crippen MR) is 158 cm³/mol. The van der Waals surface area contributed by atoms with Gasteiger partial charge in [-0.05, 0) is 92.5 Å². The lowest BCUT2D eigenvalue weighted by atomic mass is 9.77. The molecule has 0 spiro atoms. The van der Waals surface area contributed by atoms with E-state index in [1.54, 1.807) is 30.3 Å². The molecule has 3 aromatic carbocycles. The summed E-state index contributed by atoms with van der Waals surface area (Å²) < 4.78 is 5.49. The van der Waals surface area contributed by atoms with Gasteiger partial charge in [0.25, 0.3) is 0 Å². The molecule has 1 fully saturated rings. The highest BCUT2D eigenvalue weighted by Gasteiger charge is 2.22. The van der Waals surface area contributed by atoms with Crippen LogP contribution in [0.2, 0.25) is 5.02 Å². The van der Waals surface area contributed by atoms with Gasteiger partial charge >= 0.3 is 5.97 Å². The van der Waals surface area contributed by atoms with Crippen LogP contribution in [-0.2, 0) is 4.74 Å². The molecule has 1 heterocycles. The van der Waals surface area contributed by atoms with Crippen LogP contribution in [0.1, 0.15) is 83.2 Å². The van der Waals surface area contributed by atoms with Crippen LogP contribution in [0.15, 0.2) is 72.8 Å². The fraction of sp³-hybridized carbons (Fsp3) is 0.324. The minimum atomic E-state index is -0.544. The normalized spacial score (nSPS) is 17.2. The van der Waals surface area contributed by atoms with Crippen molar-refractivity contribution in [3.63, 3.8) is 0 Å². The Hall–Kier alpha value is -3.50. The van der Waals surface area contributed by atoms with E-state index in [4.69, 9.17) is 21.3 Å². The van der Waals surface area contributed by atoms with Gasteiger partial charge in [-0.2, -0.15) is 0 Å². The van der Waals surface area contributed by atoms with Gasteiger partial charge in [-0.3, -0.25) is 4.79 Å². The number of ketones is 1. The van der Waals surface area contributed by atoms with Crippen LogP contribution in [0.5, 0.6) is 0 Å². The number of Topliss-reactive ketones (excluding diaryl/α,β-unsaturated/α-hetero) is 1. The number of halogens is 1. The largest absolute Gasteiger partial charge is 0.454 e. The Balaban J connectivity index is 1.37. The number of ether oxygens (including phenoxy) is 1. The molecule has 4 nitrogen and oxygen atoms in total. The molecule has 5 heteroatoms. The maximum absolute atomic E-state index is 13.3. The van der Waals surface area contributed by atoms with Crippen LogP contribution < -0.4 is 0 Å². The number of hydrogen-bond donors (Lipinski definition) is 0. The van der Waals surface area contributed by atoms with Crippen molar-refractivity contribution >= 4 is 34.3 Å². The molecule has 0 N–H and O–H groups in total. The molecule has 200 valence electrons. The SMILES string of the molecule is CCCC1CCC(c2ccc(-c3cc(C(=O)OCC(=O)c4ccc(Cl)cc4)c4cc(C)ccc4n3)cc2)CC1. The van der Waals surface area contributed by atoms with E-state index < -0.39 is 5.97 Å². The Morgan fingerprint density at radius 1 is 0.923 bits per heavy atom. The molecule has 39 heavy (non-hydrogen) atoms. The summed E-state index contributed by atoms with van der Waals surface area (Å²) in [5.41, 5.74) is 5.62. The molecule has 0 radical (unpaired) electrons. The van der Waals surface area contributed by atoms with Crippen LogP contribution in [0, 0.1) is 12.8 Å². The van der Waals surface area contributed by atoms with Gasteiger partial charge in [0.1, 0.15) is 0 Å². The summed E-state index contributed by atoms with van der Waals surface area (Å²) in [7, 11) is 0. The number of aromatic nitrogens is 1. The number of carbonyl (C=O) groups is 2. The summed E-state index contributed by atoms with van der Waals surface area (Å²) in [4.78, 5) is 30.7. The lowest BCUT2D eigenvalue weighted by Gasteiger charge is -2.28. The second kappa shape index (κ2) is 12.1. The monoisotopic (exact) mass is 539 g/mol. The second-order valence-corrected chi connectivity index (χ2v) is 11.1. The molecule has 4 aromatic rings. The van der Waals surface area contributed by atoms with E-state index in [1.165, 1.54) is 44.1 Å². The third-order valence-electron chi connectivity index (χ3n) is 7.91. The first-order chi connectivity index (χ1) is 18.9. The van der Waals surface area contributed by atoms with Gasteiger partial charge in [-0.15, -0.1) is 0 Å². The molecule has 0 unspecified atom stereocenters. The van der Waals surface area contributed by atoms with Crippen molar-refractivity contribution in [3.05, 3.63) is 100 Å². The number of carbonyl (C=O) groups excluding carboxylic acids is 2. The standard InChI is InChI=1S/C34H34ClNO3/c1-3-4-23-6-8-24(9-7-23)25-10-12-26(13-11-25)32-20-30(29-19-22(2)5-18-31(29)36-32)34(38)39-21-33(37)27-14-16-28(35)17-15-27/h5,10-20,23-24H,3-4,6-9,21H2,1-2H3. The molecule has 0 atom stereocenters. The minimum Gasteiger partial charge on any atom is -0.454 e. The number of benzene rings is 3. The fourth-order valence-corrected chi connectivity index (χ4v) is 5.83. The van der Waals surface area contributed by atoms with Crippen molar-refractivity contribution in [1.82, 2.24) is 4.98 Å². The van der Waals surface area contributed by atoms with E-state index in [0.29, 0.717) is 38.7 Å². The Morgan fingerprint density at radius 3 is 2.33 bits per heavy atom. The predicted octanol–water partition coefficient (Wildman–Crippen LogP) is 8.98. The molecule has 0 amide bonds. The lowest BCUT2D eigenvalue weighted by Crippen LogP contribution is -2.15. The minimum absolute atomic E-state index is 0.283. The Kier molecular flexibility index (Phi) is 8.42. The maximum Gasteiger partial charge on any atom is 0.339 e. The molecule has 1 aliphatic rings. The van der Waals surface area contributed by atoms with Gasteiger partial charge in [0.15, 0.2) is 12.4 Å². The molecule has 0 saturated heterocycles. The van der Waals surface area contributed by atoms with E-state index in [0.717, 1.165) is 17.0 Å². The van der Waals surface area contributed by atoms with E-state index in [9.17, 15) is 9.59 Å². The number of pyridine rings is 1. The molecular weight excluding hydrogens is 506 g/mol. The first kappa shape index (κ1) is 27.1. The number of fused-ring (bicyclic) bond motifs is 1. The Morgan fingerprint density at radius 2 is 1.64 bits per heavy atom. The van der Waals surface area contributed by atoms with E-state index in [1.807, 2.05) is 25.1 Å². The van der Waals surface area contributed by atoms with Gasteiger partial charge < -0.3 is 4.74 Å². The average Bonchev–Trinajstić information content (AvgIpc) is 2.96. The number of rotatable bonds is 8.